The van der Waals surface area contributed by atoms with Gasteiger partial charge in [-0.05, 0) is 24.6 Å². The lowest BCUT2D eigenvalue weighted by Gasteiger charge is -2.13. The summed E-state index contributed by atoms with van der Waals surface area (Å²) in [5.74, 6) is -0.421. The van der Waals surface area contributed by atoms with Crippen LogP contribution in [0.5, 0.6) is 5.75 Å². The summed E-state index contributed by atoms with van der Waals surface area (Å²) in [7, 11) is 0. The van der Waals surface area contributed by atoms with Gasteiger partial charge in [0.2, 0.25) is 0 Å². The van der Waals surface area contributed by atoms with Crippen LogP contribution >= 0.6 is 0 Å². The van der Waals surface area contributed by atoms with Gasteiger partial charge in [0.05, 0.1) is 17.9 Å². The predicted octanol–water partition coefficient (Wildman–Crippen LogP) is 1.97. The summed E-state index contributed by atoms with van der Waals surface area (Å²) in [6.45, 7) is -0.453. The number of aryl methyl sites for hydroxylation is 1. The molecule has 0 bridgehead atoms. The first-order valence-electron chi connectivity index (χ1n) is 7.03. The molecule has 0 saturated carbocycles. The number of rotatable bonds is 7. The van der Waals surface area contributed by atoms with Crippen LogP contribution in [0, 0.1) is 0 Å². The third-order valence-electron chi connectivity index (χ3n) is 3.14. The zero-order valence-corrected chi connectivity index (χ0v) is 12.4. The van der Waals surface area contributed by atoms with Crippen molar-refractivity contribution in [3.8, 4) is 5.75 Å². The van der Waals surface area contributed by atoms with Gasteiger partial charge in [0.15, 0.2) is 0 Å². The Hall–Kier alpha value is -2.48. The summed E-state index contributed by atoms with van der Waals surface area (Å²) < 4.78 is 30.2. The van der Waals surface area contributed by atoms with Crippen molar-refractivity contribution in [2.75, 3.05) is 6.54 Å². The molecule has 0 spiro atoms. The van der Waals surface area contributed by atoms with Gasteiger partial charge in [-0.3, -0.25) is 9.48 Å². The van der Waals surface area contributed by atoms with E-state index in [4.69, 9.17) is 0 Å². The topological polar surface area (TPSA) is 76.4 Å². The number of aromatic nitrogens is 2. The average molecular weight is 325 g/mol. The quantitative estimate of drug-likeness (QED) is 0.816. The van der Waals surface area contributed by atoms with Gasteiger partial charge in [-0.25, -0.2) is 0 Å². The minimum absolute atomic E-state index is 0.0490. The number of halogens is 2. The van der Waals surface area contributed by atoms with Crippen LogP contribution in [0.1, 0.15) is 28.9 Å². The highest BCUT2D eigenvalue weighted by Crippen LogP contribution is 2.20. The summed E-state index contributed by atoms with van der Waals surface area (Å²) in [6, 6.07) is 5.71. The van der Waals surface area contributed by atoms with Gasteiger partial charge in [-0.2, -0.15) is 13.9 Å². The largest absolute Gasteiger partial charge is 0.435 e. The van der Waals surface area contributed by atoms with Crippen molar-refractivity contribution in [1.82, 2.24) is 15.1 Å². The average Bonchev–Trinajstić information content (AvgIpc) is 3.01. The highest BCUT2D eigenvalue weighted by molar-refractivity contribution is 5.93. The van der Waals surface area contributed by atoms with E-state index >= 15 is 0 Å². The van der Waals surface area contributed by atoms with Crippen molar-refractivity contribution in [3.63, 3.8) is 0 Å². The van der Waals surface area contributed by atoms with Crippen LogP contribution in [0.2, 0.25) is 0 Å². The van der Waals surface area contributed by atoms with Crippen molar-refractivity contribution in [2.24, 2.45) is 0 Å². The fraction of sp³-hybridized carbons (Fsp3) is 0.333. The van der Waals surface area contributed by atoms with E-state index in [2.05, 4.69) is 15.2 Å². The van der Waals surface area contributed by atoms with Crippen molar-refractivity contribution in [3.05, 3.63) is 47.8 Å². The molecule has 0 radical (unpaired) electrons. The predicted molar refractivity (Wildman–Crippen MR) is 78.3 cm³/mol. The fourth-order valence-electron chi connectivity index (χ4n) is 1.96. The Morgan fingerprint density at radius 1 is 1.48 bits per heavy atom. The van der Waals surface area contributed by atoms with Gasteiger partial charge < -0.3 is 15.2 Å². The summed E-state index contributed by atoms with van der Waals surface area (Å²) in [4.78, 5) is 11.9. The van der Waals surface area contributed by atoms with Crippen molar-refractivity contribution in [1.29, 1.82) is 0 Å². The second-order valence-corrected chi connectivity index (χ2v) is 4.76. The molecule has 2 aromatic rings. The van der Waals surface area contributed by atoms with Crippen molar-refractivity contribution < 1.29 is 23.4 Å². The normalized spacial score (nSPS) is 12.2. The maximum absolute atomic E-state index is 12.2. The van der Waals surface area contributed by atoms with Gasteiger partial charge >= 0.3 is 6.61 Å². The number of carbonyl (C=O) groups excluding carboxylic acids is 1. The van der Waals surface area contributed by atoms with E-state index in [1.807, 2.05) is 6.92 Å². The second-order valence-electron chi connectivity index (χ2n) is 4.76. The first-order chi connectivity index (χ1) is 11.0. The van der Waals surface area contributed by atoms with E-state index < -0.39 is 12.7 Å². The Bertz CT molecular complexity index is 661. The number of nitrogens with one attached hydrogen (secondary N) is 1. The lowest BCUT2D eigenvalue weighted by atomic mass is 10.1. The van der Waals surface area contributed by atoms with Crippen LogP contribution in [-0.4, -0.2) is 34.0 Å². The molecule has 1 heterocycles. The van der Waals surface area contributed by atoms with Crippen molar-refractivity contribution in [2.45, 2.75) is 26.2 Å². The molecule has 1 amide bonds. The number of carbonyl (C=O) groups is 1. The minimum Gasteiger partial charge on any atom is -0.435 e. The van der Waals surface area contributed by atoms with E-state index in [0.717, 1.165) is 0 Å². The number of nitrogens with zero attached hydrogens (tertiary/aromatic N) is 2. The van der Waals surface area contributed by atoms with E-state index in [1.165, 1.54) is 24.4 Å². The molecule has 2 rings (SSSR count). The Morgan fingerprint density at radius 2 is 2.26 bits per heavy atom. The van der Waals surface area contributed by atoms with Crippen LogP contribution in [0.4, 0.5) is 8.78 Å². The summed E-state index contributed by atoms with van der Waals surface area (Å²) in [6.07, 6.45) is 1.99. The van der Waals surface area contributed by atoms with Crippen LogP contribution in [0.3, 0.4) is 0 Å². The summed E-state index contributed by atoms with van der Waals surface area (Å²) >= 11 is 0. The number of ether oxygens (including phenoxy) is 1. The third kappa shape index (κ3) is 4.75. The number of aliphatic hydroxyl groups excluding tert-OH is 1. The summed E-state index contributed by atoms with van der Waals surface area (Å²) in [5.41, 5.74) is 0.751. The molecule has 2 N–H and O–H groups in total. The minimum atomic E-state index is -2.93. The van der Waals surface area contributed by atoms with E-state index in [0.29, 0.717) is 17.7 Å². The van der Waals surface area contributed by atoms with Gasteiger partial charge in [0, 0.05) is 19.3 Å². The first-order valence-corrected chi connectivity index (χ1v) is 7.03. The molecule has 23 heavy (non-hydrogen) atoms. The number of aliphatic hydroxyl groups is 1. The number of alkyl halides is 2. The fourth-order valence-corrected chi connectivity index (χ4v) is 1.96. The standard InChI is InChI=1S/C15H17F2N3O3/c1-2-20-9-11(7-19-20)14(22)18-8-13(21)10-4-3-5-12(6-10)23-15(16)17/h3-7,9,13,15,21H,2,8H2,1H3,(H,18,22). The highest BCUT2D eigenvalue weighted by atomic mass is 19.3. The van der Waals surface area contributed by atoms with Crippen LogP contribution in [0.15, 0.2) is 36.7 Å². The monoisotopic (exact) mass is 325 g/mol. The van der Waals surface area contributed by atoms with Crippen LogP contribution in [0.25, 0.3) is 0 Å². The zero-order chi connectivity index (χ0) is 16.8. The van der Waals surface area contributed by atoms with Gasteiger partial charge in [-0.15, -0.1) is 0 Å². The molecule has 1 atom stereocenters. The molecule has 0 fully saturated rings. The van der Waals surface area contributed by atoms with Crippen LogP contribution in [-0.2, 0) is 6.54 Å². The number of benzene rings is 1. The third-order valence-corrected chi connectivity index (χ3v) is 3.14. The lowest BCUT2D eigenvalue weighted by Crippen LogP contribution is -2.28. The zero-order valence-electron chi connectivity index (χ0n) is 12.4. The number of hydrogen-bond acceptors (Lipinski definition) is 4. The molecular weight excluding hydrogens is 308 g/mol. The first kappa shape index (κ1) is 16.9. The molecule has 124 valence electrons. The highest BCUT2D eigenvalue weighted by Gasteiger charge is 2.13. The van der Waals surface area contributed by atoms with E-state index in [9.17, 15) is 18.7 Å². The molecule has 8 heteroatoms. The SMILES string of the molecule is CCn1cc(C(=O)NCC(O)c2cccc(OC(F)F)c2)cn1. The van der Waals surface area contributed by atoms with Gasteiger partial charge in [0.25, 0.3) is 5.91 Å². The van der Waals surface area contributed by atoms with Gasteiger partial charge in [-0.1, -0.05) is 12.1 Å². The molecule has 0 aliphatic heterocycles. The molecule has 0 aliphatic rings. The number of hydrogen-bond donors (Lipinski definition) is 2. The van der Waals surface area contributed by atoms with Crippen molar-refractivity contribution >= 4 is 5.91 Å². The molecule has 6 nitrogen and oxygen atoms in total. The maximum Gasteiger partial charge on any atom is 0.387 e. The molecule has 1 aromatic carbocycles. The molecular formula is C15H17F2N3O3. The van der Waals surface area contributed by atoms with Gasteiger partial charge in [0.1, 0.15) is 5.75 Å². The molecule has 0 aliphatic carbocycles. The molecule has 0 saturated heterocycles. The Morgan fingerprint density at radius 3 is 2.91 bits per heavy atom. The van der Waals surface area contributed by atoms with Crippen LogP contribution < -0.4 is 10.1 Å². The Balaban J connectivity index is 1.93. The Labute approximate surface area is 131 Å². The lowest BCUT2D eigenvalue weighted by molar-refractivity contribution is -0.0499. The number of amides is 1. The van der Waals surface area contributed by atoms with E-state index in [1.54, 1.807) is 16.9 Å². The second kappa shape index (κ2) is 7.68. The Kier molecular flexibility index (Phi) is 5.64. The maximum atomic E-state index is 12.2. The summed E-state index contributed by atoms with van der Waals surface area (Å²) in [5, 5.41) is 16.6. The van der Waals surface area contributed by atoms with E-state index in [-0.39, 0.29) is 18.2 Å². The smallest absolute Gasteiger partial charge is 0.387 e. The molecule has 1 aromatic heterocycles. The molecule has 1 unspecified atom stereocenters.